The van der Waals surface area contributed by atoms with Gasteiger partial charge in [-0.3, -0.25) is 9.69 Å². The summed E-state index contributed by atoms with van der Waals surface area (Å²) in [5.74, 6) is -1.10. The van der Waals surface area contributed by atoms with Crippen LogP contribution in [-0.4, -0.2) is 41.4 Å². The van der Waals surface area contributed by atoms with Gasteiger partial charge in [0.25, 0.3) is 0 Å². The SMILES string of the molecule is O=C(O)C1=CCS(=O)(=O)[C@@H]2N1C(=O)C21C2CC21C1CCCC1. The number of carbonyl (C=O) groups is 2. The smallest absolute Gasteiger partial charge is 0.352 e. The molecule has 2 heterocycles. The number of carboxylic acids is 1. The van der Waals surface area contributed by atoms with Crippen molar-refractivity contribution in [2.45, 2.75) is 37.5 Å². The third kappa shape index (κ3) is 1.07. The predicted octanol–water partition coefficient (Wildman–Crippen LogP) is 0.748. The summed E-state index contributed by atoms with van der Waals surface area (Å²) in [5.41, 5.74) is -1.03. The van der Waals surface area contributed by atoms with E-state index < -0.39 is 26.6 Å². The van der Waals surface area contributed by atoms with E-state index in [0.717, 1.165) is 43.1 Å². The van der Waals surface area contributed by atoms with E-state index in [9.17, 15) is 23.1 Å². The van der Waals surface area contributed by atoms with Crippen molar-refractivity contribution in [1.82, 2.24) is 4.90 Å². The van der Waals surface area contributed by atoms with Gasteiger partial charge in [-0.05, 0) is 42.6 Å². The Morgan fingerprint density at radius 2 is 2.00 bits per heavy atom. The summed E-state index contributed by atoms with van der Waals surface area (Å²) in [5, 5.41) is 8.32. The molecule has 2 aliphatic heterocycles. The minimum atomic E-state index is -3.47. The molecule has 0 aromatic rings. The monoisotopic (exact) mass is 323 g/mol. The number of nitrogens with zero attached hydrogens (tertiary/aromatic N) is 1. The Kier molecular flexibility index (Phi) is 2.04. The molecule has 0 radical (unpaired) electrons. The average molecular weight is 323 g/mol. The molecular formula is C15H17NO5S. The first-order chi connectivity index (χ1) is 10.4. The molecule has 7 heteroatoms. The van der Waals surface area contributed by atoms with Crippen LogP contribution in [-0.2, 0) is 19.4 Å². The summed E-state index contributed by atoms with van der Waals surface area (Å²) in [6, 6.07) is 0. The molecule has 3 unspecified atom stereocenters. The van der Waals surface area contributed by atoms with Crippen LogP contribution < -0.4 is 0 Å². The Hall–Kier alpha value is -1.37. The van der Waals surface area contributed by atoms with Crippen molar-refractivity contribution in [3.8, 4) is 0 Å². The number of amides is 1. The molecule has 118 valence electrons. The zero-order valence-corrected chi connectivity index (χ0v) is 12.8. The Balaban J connectivity index is 1.58. The molecule has 1 N–H and O–H groups in total. The molecule has 22 heavy (non-hydrogen) atoms. The van der Waals surface area contributed by atoms with Crippen LogP contribution in [0.25, 0.3) is 0 Å². The van der Waals surface area contributed by atoms with Gasteiger partial charge >= 0.3 is 5.97 Å². The lowest BCUT2D eigenvalue weighted by atomic mass is 9.73. The average Bonchev–Trinajstić information content (AvgIpc) is 3.22. The van der Waals surface area contributed by atoms with Gasteiger partial charge in [-0.25, -0.2) is 13.2 Å². The van der Waals surface area contributed by atoms with Crippen LogP contribution in [0.4, 0.5) is 0 Å². The quantitative estimate of drug-likeness (QED) is 0.757. The molecule has 4 atom stereocenters. The lowest BCUT2D eigenvalue weighted by Crippen LogP contribution is -2.71. The van der Waals surface area contributed by atoms with Gasteiger partial charge in [0.15, 0.2) is 15.2 Å². The first kappa shape index (κ1) is 13.1. The summed E-state index contributed by atoms with van der Waals surface area (Å²) < 4.78 is 25.0. The molecule has 3 saturated carbocycles. The van der Waals surface area contributed by atoms with Gasteiger partial charge in [0.2, 0.25) is 5.91 Å². The number of sulfone groups is 1. The molecule has 6 nitrogen and oxygen atoms in total. The molecule has 1 spiro atoms. The standard InChI is InChI=1S/C15H17NO5S/c17-11(18)9-5-6-22(20,21)13-15(12(19)16(9)13)10-7-14(10,15)8-3-1-2-4-8/h5,8,10,13H,1-4,6-7H2,(H,17,18)/t10?,13-,14?,15?/m0/s1. The summed E-state index contributed by atoms with van der Waals surface area (Å²) in [4.78, 5) is 25.1. The summed E-state index contributed by atoms with van der Waals surface area (Å²) in [6.45, 7) is 0. The fourth-order valence-corrected chi connectivity index (χ4v) is 8.09. The van der Waals surface area contributed by atoms with E-state index in [1.165, 1.54) is 0 Å². The molecule has 3 aliphatic carbocycles. The molecule has 4 fully saturated rings. The number of carbonyl (C=O) groups excluding carboxylic acids is 1. The summed E-state index contributed by atoms with van der Waals surface area (Å²) in [7, 11) is -3.47. The topological polar surface area (TPSA) is 91.8 Å². The van der Waals surface area contributed by atoms with Gasteiger partial charge in [-0.1, -0.05) is 12.8 Å². The van der Waals surface area contributed by atoms with Gasteiger partial charge in [-0.2, -0.15) is 0 Å². The fourth-order valence-electron chi connectivity index (χ4n) is 5.93. The lowest BCUT2D eigenvalue weighted by molar-refractivity contribution is -0.162. The third-order valence-corrected chi connectivity index (χ3v) is 8.74. The van der Waals surface area contributed by atoms with E-state index in [4.69, 9.17) is 0 Å². The number of β-lactam (4-membered cyclic amide) rings is 1. The maximum Gasteiger partial charge on any atom is 0.352 e. The molecule has 0 aromatic heterocycles. The highest BCUT2D eigenvalue weighted by Gasteiger charge is 3.01. The van der Waals surface area contributed by atoms with Crippen LogP contribution in [0.15, 0.2) is 11.8 Å². The first-order valence-electron chi connectivity index (χ1n) is 7.87. The number of carboxylic acid groups (broad SMARTS) is 1. The number of rotatable bonds is 2. The van der Waals surface area contributed by atoms with Crippen molar-refractivity contribution in [3.63, 3.8) is 0 Å². The highest BCUT2D eigenvalue weighted by atomic mass is 32.2. The lowest BCUT2D eigenvalue weighted by Gasteiger charge is -2.53. The molecule has 1 amide bonds. The van der Waals surface area contributed by atoms with Crippen molar-refractivity contribution in [3.05, 3.63) is 11.8 Å². The van der Waals surface area contributed by atoms with Gasteiger partial charge < -0.3 is 5.11 Å². The molecule has 5 rings (SSSR count). The molecule has 0 aromatic carbocycles. The first-order valence-corrected chi connectivity index (χ1v) is 9.59. The Morgan fingerprint density at radius 3 is 2.59 bits per heavy atom. The van der Waals surface area contributed by atoms with E-state index in [2.05, 4.69) is 0 Å². The maximum absolute atomic E-state index is 12.7. The molecule has 5 aliphatic rings. The van der Waals surface area contributed by atoms with E-state index in [0.29, 0.717) is 5.92 Å². The van der Waals surface area contributed by atoms with Gasteiger partial charge in [-0.15, -0.1) is 0 Å². The Bertz CT molecular complexity index is 765. The number of fused-ring (bicyclic) bond motifs is 5. The number of aliphatic carboxylic acids is 1. The van der Waals surface area contributed by atoms with Gasteiger partial charge in [0.1, 0.15) is 5.70 Å². The zero-order chi connectivity index (χ0) is 15.5. The van der Waals surface area contributed by atoms with Crippen molar-refractivity contribution >= 4 is 21.7 Å². The highest BCUT2D eigenvalue weighted by molar-refractivity contribution is 7.92. The highest BCUT2D eigenvalue weighted by Crippen LogP contribution is 2.96. The van der Waals surface area contributed by atoms with Crippen LogP contribution in [0.1, 0.15) is 32.1 Å². The van der Waals surface area contributed by atoms with Crippen LogP contribution in [0.5, 0.6) is 0 Å². The third-order valence-electron chi connectivity index (χ3n) is 6.85. The van der Waals surface area contributed by atoms with Gasteiger partial charge in [0.05, 0.1) is 11.2 Å². The van der Waals surface area contributed by atoms with E-state index in [1.807, 2.05) is 0 Å². The van der Waals surface area contributed by atoms with E-state index in [-0.39, 0.29) is 28.7 Å². The summed E-state index contributed by atoms with van der Waals surface area (Å²) in [6.07, 6.45) is 6.60. The van der Waals surface area contributed by atoms with E-state index >= 15 is 0 Å². The summed E-state index contributed by atoms with van der Waals surface area (Å²) >= 11 is 0. The molecule has 0 bridgehead atoms. The van der Waals surface area contributed by atoms with Crippen molar-refractivity contribution in [1.29, 1.82) is 0 Å². The normalized spacial score (nSPS) is 47.5. The van der Waals surface area contributed by atoms with Crippen molar-refractivity contribution < 1.29 is 23.1 Å². The second-order valence-corrected chi connectivity index (χ2v) is 9.50. The van der Waals surface area contributed by atoms with Crippen LogP contribution in [0.2, 0.25) is 0 Å². The Labute approximate surface area is 128 Å². The number of hydrogen-bond donors (Lipinski definition) is 1. The van der Waals surface area contributed by atoms with E-state index in [1.54, 1.807) is 0 Å². The maximum atomic E-state index is 12.7. The second-order valence-electron chi connectivity index (χ2n) is 7.40. The second kappa shape index (κ2) is 3.42. The largest absolute Gasteiger partial charge is 0.477 e. The van der Waals surface area contributed by atoms with Gasteiger partial charge in [0, 0.05) is 0 Å². The van der Waals surface area contributed by atoms with Crippen LogP contribution in [0.3, 0.4) is 0 Å². The van der Waals surface area contributed by atoms with Crippen LogP contribution in [0, 0.1) is 22.7 Å². The predicted molar refractivity (Wildman–Crippen MR) is 75.1 cm³/mol. The number of hydrogen-bond acceptors (Lipinski definition) is 4. The van der Waals surface area contributed by atoms with Crippen molar-refractivity contribution in [2.75, 3.05) is 5.75 Å². The molecular weight excluding hydrogens is 306 g/mol. The minimum Gasteiger partial charge on any atom is -0.477 e. The Morgan fingerprint density at radius 1 is 1.32 bits per heavy atom. The minimum absolute atomic E-state index is 0.115. The van der Waals surface area contributed by atoms with Crippen LogP contribution >= 0.6 is 0 Å². The fraction of sp³-hybridized carbons (Fsp3) is 0.733. The molecule has 1 saturated heterocycles. The van der Waals surface area contributed by atoms with Crippen molar-refractivity contribution in [2.24, 2.45) is 22.7 Å². The zero-order valence-electron chi connectivity index (χ0n) is 12.0.